The zero-order valence-corrected chi connectivity index (χ0v) is 17.0. The molecule has 0 bridgehead atoms. The molecule has 1 unspecified atom stereocenters. The Hall–Kier alpha value is -4.51. The molecule has 3 aromatic carbocycles. The molecule has 0 N–H and O–H groups in total. The number of fused-ring (bicyclic) bond motifs is 1. The normalized spacial score (nSPS) is 16.9. The van der Waals surface area contributed by atoms with Crippen LogP contribution in [0.5, 0.6) is 0 Å². The summed E-state index contributed by atoms with van der Waals surface area (Å²) in [5.74, 6) is -1.65. The first kappa shape index (κ1) is 20.8. The van der Waals surface area contributed by atoms with Crippen LogP contribution in [0.2, 0.25) is 0 Å². The highest BCUT2D eigenvalue weighted by molar-refractivity contribution is 6.10. The van der Waals surface area contributed by atoms with Crippen LogP contribution in [0.1, 0.15) is 27.0 Å². The van der Waals surface area contributed by atoms with E-state index in [4.69, 9.17) is 4.74 Å². The lowest BCUT2D eigenvalue weighted by molar-refractivity contribution is -0.385. The summed E-state index contributed by atoms with van der Waals surface area (Å²) < 4.78 is 5.50. The van der Waals surface area contributed by atoms with Gasteiger partial charge in [-0.2, -0.15) is 5.26 Å². The molecule has 8 heteroatoms. The van der Waals surface area contributed by atoms with Gasteiger partial charge in [-0.1, -0.05) is 48.0 Å². The lowest BCUT2D eigenvalue weighted by Gasteiger charge is -2.22. The average Bonchev–Trinajstić information content (AvgIpc) is 3.02. The molecule has 1 aliphatic rings. The van der Waals surface area contributed by atoms with Crippen molar-refractivity contribution in [2.24, 2.45) is 0 Å². The lowest BCUT2D eigenvalue weighted by atomic mass is 9.96. The second-order valence-electron chi connectivity index (χ2n) is 7.38. The number of nitro benzene ring substituents is 1. The van der Waals surface area contributed by atoms with E-state index in [0.29, 0.717) is 0 Å². The standard InChI is InChI=1S/C24H17N3O5/c1-16-7-9-18(10-8-16)22(28)32-24(15-25)20-13-19(27(30)31)11-12-21(20)26(23(24)29)14-17-5-3-2-4-6-17/h2-13H,14H2,1H3. The molecule has 3 aromatic rings. The van der Waals surface area contributed by atoms with Gasteiger partial charge in [-0.05, 0) is 30.7 Å². The minimum atomic E-state index is -2.34. The molecule has 1 amide bonds. The summed E-state index contributed by atoms with van der Waals surface area (Å²) in [6.45, 7) is 1.96. The van der Waals surface area contributed by atoms with Gasteiger partial charge in [0.15, 0.2) is 0 Å². The highest BCUT2D eigenvalue weighted by atomic mass is 16.6. The number of esters is 1. The van der Waals surface area contributed by atoms with Crippen molar-refractivity contribution in [1.29, 1.82) is 5.26 Å². The van der Waals surface area contributed by atoms with Gasteiger partial charge in [0.2, 0.25) is 0 Å². The fourth-order valence-electron chi connectivity index (χ4n) is 3.61. The van der Waals surface area contributed by atoms with Gasteiger partial charge in [-0.3, -0.25) is 14.9 Å². The summed E-state index contributed by atoms with van der Waals surface area (Å²) in [5.41, 5.74) is -0.542. The van der Waals surface area contributed by atoms with E-state index in [0.717, 1.165) is 17.2 Å². The van der Waals surface area contributed by atoms with Crippen molar-refractivity contribution in [2.45, 2.75) is 19.1 Å². The molecule has 0 radical (unpaired) electrons. The Balaban J connectivity index is 1.80. The number of hydrogen-bond acceptors (Lipinski definition) is 6. The Bertz CT molecular complexity index is 1270. The van der Waals surface area contributed by atoms with Crippen molar-refractivity contribution in [1.82, 2.24) is 0 Å². The van der Waals surface area contributed by atoms with Gasteiger partial charge in [0.25, 0.3) is 11.6 Å². The number of hydrogen-bond donors (Lipinski definition) is 0. The number of ether oxygens (including phenoxy) is 1. The third-order valence-corrected chi connectivity index (χ3v) is 5.28. The molecule has 1 heterocycles. The maximum absolute atomic E-state index is 13.5. The minimum absolute atomic E-state index is 0.0319. The third-order valence-electron chi connectivity index (χ3n) is 5.28. The van der Waals surface area contributed by atoms with Crippen molar-refractivity contribution in [3.8, 4) is 6.07 Å². The molecule has 32 heavy (non-hydrogen) atoms. The van der Waals surface area contributed by atoms with Gasteiger partial charge in [-0.25, -0.2) is 4.79 Å². The van der Waals surface area contributed by atoms with Crippen LogP contribution in [0, 0.1) is 28.4 Å². The van der Waals surface area contributed by atoms with Crippen molar-refractivity contribution in [3.63, 3.8) is 0 Å². The molecule has 0 saturated carbocycles. The molecule has 4 rings (SSSR count). The lowest BCUT2D eigenvalue weighted by Crippen LogP contribution is -2.42. The fraction of sp³-hybridized carbons (Fsp3) is 0.125. The zero-order chi connectivity index (χ0) is 22.9. The number of carbonyl (C=O) groups excluding carboxylic acids is 2. The Labute approximate surface area is 183 Å². The van der Waals surface area contributed by atoms with Gasteiger partial charge < -0.3 is 9.64 Å². The van der Waals surface area contributed by atoms with E-state index in [-0.39, 0.29) is 29.0 Å². The van der Waals surface area contributed by atoms with Crippen LogP contribution in [-0.2, 0) is 21.7 Å². The van der Waals surface area contributed by atoms with E-state index in [1.807, 2.05) is 43.3 Å². The number of nitrogens with zero attached hydrogens (tertiary/aromatic N) is 3. The molecule has 0 aliphatic carbocycles. The molecular formula is C24H17N3O5. The number of non-ortho nitro benzene ring substituents is 1. The Morgan fingerprint density at radius 1 is 1.12 bits per heavy atom. The highest BCUT2D eigenvalue weighted by Gasteiger charge is 2.56. The Kier molecular flexibility index (Phi) is 5.16. The third kappa shape index (κ3) is 3.46. The summed E-state index contributed by atoms with van der Waals surface area (Å²) in [6, 6.07) is 21.1. The predicted octanol–water partition coefficient (Wildman–Crippen LogP) is 4.03. The molecule has 1 aliphatic heterocycles. The van der Waals surface area contributed by atoms with Crippen molar-refractivity contribution >= 4 is 23.3 Å². The molecule has 0 spiro atoms. The first-order valence-electron chi connectivity index (χ1n) is 9.72. The quantitative estimate of drug-likeness (QED) is 0.345. The largest absolute Gasteiger partial charge is 0.426 e. The number of nitro groups is 1. The summed E-state index contributed by atoms with van der Waals surface area (Å²) in [5, 5.41) is 21.4. The highest BCUT2D eigenvalue weighted by Crippen LogP contribution is 2.45. The second kappa shape index (κ2) is 7.96. The molecule has 0 saturated heterocycles. The summed E-state index contributed by atoms with van der Waals surface area (Å²) in [4.78, 5) is 38.3. The summed E-state index contributed by atoms with van der Waals surface area (Å²) >= 11 is 0. The van der Waals surface area contributed by atoms with E-state index in [9.17, 15) is 25.0 Å². The SMILES string of the molecule is Cc1ccc(C(=O)OC2(C#N)C(=O)N(Cc3ccccc3)c3ccc([N+](=O)[O-])cc32)cc1. The first-order chi connectivity index (χ1) is 15.4. The van der Waals surface area contributed by atoms with E-state index in [1.165, 1.54) is 29.2 Å². The van der Waals surface area contributed by atoms with Crippen LogP contribution in [0.15, 0.2) is 72.8 Å². The smallest absolute Gasteiger partial charge is 0.340 e. The van der Waals surface area contributed by atoms with Crippen molar-refractivity contribution in [2.75, 3.05) is 4.90 Å². The molecule has 158 valence electrons. The van der Waals surface area contributed by atoms with Crippen LogP contribution < -0.4 is 4.90 Å². The van der Waals surface area contributed by atoms with E-state index < -0.39 is 22.4 Å². The van der Waals surface area contributed by atoms with Crippen molar-refractivity contribution < 1.29 is 19.2 Å². The summed E-state index contributed by atoms with van der Waals surface area (Å²) in [7, 11) is 0. The number of carbonyl (C=O) groups is 2. The number of aryl methyl sites for hydroxylation is 1. The monoisotopic (exact) mass is 427 g/mol. The van der Waals surface area contributed by atoms with Crippen LogP contribution in [0.4, 0.5) is 11.4 Å². The van der Waals surface area contributed by atoms with E-state index in [1.54, 1.807) is 12.1 Å². The van der Waals surface area contributed by atoms with Gasteiger partial charge in [-0.15, -0.1) is 0 Å². The van der Waals surface area contributed by atoms with E-state index >= 15 is 0 Å². The molecule has 0 fully saturated rings. The first-order valence-corrected chi connectivity index (χ1v) is 9.72. The van der Waals surface area contributed by atoms with Crippen molar-refractivity contribution in [3.05, 3.63) is 105 Å². The molecule has 1 atom stereocenters. The van der Waals surface area contributed by atoms with Crippen LogP contribution >= 0.6 is 0 Å². The van der Waals surface area contributed by atoms with Gasteiger partial charge in [0.1, 0.15) is 6.07 Å². The molecular weight excluding hydrogens is 410 g/mol. The molecule has 8 nitrogen and oxygen atoms in total. The maximum Gasteiger partial charge on any atom is 0.340 e. The second-order valence-corrected chi connectivity index (χ2v) is 7.38. The van der Waals surface area contributed by atoms with Gasteiger partial charge >= 0.3 is 11.6 Å². The minimum Gasteiger partial charge on any atom is -0.426 e. The topological polar surface area (TPSA) is 114 Å². The molecule has 0 aromatic heterocycles. The Morgan fingerprint density at radius 3 is 2.44 bits per heavy atom. The number of rotatable bonds is 5. The fourth-order valence-corrected chi connectivity index (χ4v) is 3.61. The van der Waals surface area contributed by atoms with Crippen LogP contribution in [0.3, 0.4) is 0 Å². The van der Waals surface area contributed by atoms with Crippen LogP contribution in [0.25, 0.3) is 0 Å². The van der Waals surface area contributed by atoms with Crippen LogP contribution in [-0.4, -0.2) is 16.8 Å². The van der Waals surface area contributed by atoms with E-state index in [2.05, 4.69) is 0 Å². The zero-order valence-electron chi connectivity index (χ0n) is 17.0. The Morgan fingerprint density at radius 2 is 1.81 bits per heavy atom. The average molecular weight is 427 g/mol. The number of anilines is 1. The number of nitriles is 1. The number of amides is 1. The number of benzene rings is 3. The predicted molar refractivity (Wildman–Crippen MR) is 115 cm³/mol. The summed E-state index contributed by atoms with van der Waals surface area (Å²) in [6.07, 6.45) is 0. The maximum atomic E-state index is 13.5. The van der Waals surface area contributed by atoms with Gasteiger partial charge in [0.05, 0.1) is 28.3 Å². The van der Waals surface area contributed by atoms with Gasteiger partial charge in [0, 0.05) is 12.1 Å².